The molecule has 0 saturated carbocycles. The average molecular weight is 417 g/mol. The number of alkyl halides is 3. The zero-order chi connectivity index (χ0) is 21.3. The van der Waals surface area contributed by atoms with Crippen LogP contribution in [0.1, 0.15) is 5.56 Å². The number of anilines is 1. The van der Waals surface area contributed by atoms with Gasteiger partial charge in [0.05, 0.1) is 11.3 Å². The molecule has 0 fully saturated rings. The summed E-state index contributed by atoms with van der Waals surface area (Å²) in [4.78, 5) is 24.4. The number of carbonyl (C=O) groups is 1. The Morgan fingerprint density at radius 1 is 1.07 bits per heavy atom. The highest BCUT2D eigenvalue weighted by atomic mass is 19.4. The number of fused-ring (bicyclic) bond motifs is 1. The minimum Gasteiger partial charge on any atom is -0.454 e. The smallest absolute Gasteiger partial charge is 0.416 e. The lowest BCUT2D eigenvalue weighted by atomic mass is 10.1. The van der Waals surface area contributed by atoms with Crippen molar-refractivity contribution < 1.29 is 27.4 Å². The van der Waals surface area contributed by atoms with Crippen LogP contribution in [0.25, 0.3) is 11.3 Å². The van der Waals surface area contributed by atoms with Crippen LogP contribution in [0.2, 0.25) is 0 Å². The number of hydrogen-bond donors (Lipinski definition) is 1. The fourth-order valence-corrected chi connectivity index (χ4v) is 2.88. The minimum absolute atomic E-state index is 0.0326. The second kappa shape index (κ2) is 7.54. The Hall–Kier alpha value is -3.82. The van der Waals surface area contributed by atoms with Crippen molar-refractivity contribution in [1.82, 2.24) is 9.78 Å². The molecule has 3 aromatic rings. The van der Waals surface area contributed by atoms with Crippen LogP contribution in [-0.4, -0.2) is 22.5 Å². The van der Waals surface area contributed by atoms with Crippen LogP contribution in [0.3, 0.4) is 0 Å². The third kappa shape index (κ3) is 4.12. The van der Waals surface area contributed by atoms with E-state index >= 15 is 0 Å². The summed E-state index contributed by atoms with van der Waals surface area (Å²) in [7, 11) is 0. The Bertz CT molecular complexity index is 1170. The molecule has 4 rings (SSSR count). The molecule has 0 saturated heterocycles. The summed E-state index contributed by atoms with van der Waals surface area (Å²) >= 11 is 0. The van der Waals surface area contributed by atoms with Crippen molar-refractivity contribution in [1.29, 1.82) is 0 Å². The van der Waals surface area contributed by atoms with E-state index in [1.165, 1.54) is 24.3 Å². The fourth-order valence-electron chi connectivity index (χ4n) is 2.88. The molecule has 1 N–H and O–H groups in total. The van der Waals surface area contributed by atoms with Gasteiger partial charge in [-0.25, -0.2) is 4.68 Å². The number of carbonyl (C=O) groups excluding carboxylic acids is 1. The van der Waals surface area contributed by atoms with Gasteiger partial charge in [-0.2, -0.15) is 18.3 Å². The van der Waals surface area contributed by atoms with E-state index in [4.69, 9.17) is 9.47 Å². The van der Waals surface area contributed by atoms with Gasteiger partial charge in [0.1, 0.15) is 6.54 Å². The zero-order valence-electron chi connectivity index (χ0n) is 15.3. The van der Waals surface area contributed by atoms with E-state index in [9.17, 15) is 22.8 Å². The standard InChI is InChI=1S/C20H14F3N3O4/c21-20(22,23)13-2-1-3-14(9-13)24-18(27)10-26-19(28)7-5-15(25-26)12-4-6-16-17(8-12)30-11-29-16/h1-9H,10-11H2,(H,24,27). The van der Waals surface area contributed by atoms with Crippen molar-refractivity contribution in [2.24, 2.45) is 0 Å². The molecule has 0 unspecified atom stereocenters. The average Bonchev–Trinajstić information content (AvgIpc) is 3.17. The first-order valence-corrected chi connectivity index (χ1v) is 8.75. The molecule has 7 nitrogen and oxygen atoms in total. The highest BCUT2D eigenvalue weighted by molar-refractivity contribution is 5.90. The highest BCUT2D eigenvalue weighted by Crippen LogP contribution is 2.35. The van der Waals surface area contributed by atoms with Gasteiger partial charge >= 0.3 is 6.18 Å². The predicted molar refractivity (Wildman–Crippen MR) is 100 cm³/mol. The molecule has 10 heteroatoms. The monoisotopic (exact) mass is 417 g/mol. The molecule has 1 aromatic heterocycles. The van der Waals surface area contributed by atoms with Gasteiger partial charge in [-0.15, -0.1) is 0 Å². The molecular weight excluding hydrogens is 403 g/mol. The lowest BCUT2D eigenvalue weighted by molar-refractivity contribution is -0.137. The number of halogens is 3. The largest absolute Gasteiger partial charge is 0.454 e. The topological polar surface area (TPSA) is 82.5 Å². The van der Waals surface area contributed by atoms with Gasteiger partial charge < -0.3 is 14.8 Å². The number of nitrogens with zero attached hydrogens (tertiary/aromatic N) is 2. The molecule has 1 aliphatic rings. The number of nitrogens with one attached hydrogen (secondary N) is 1. The predicted octanol–water partition coefficient (Wildman–Crippen LogP) is 3.30. The van der Waals surface area contributed by atoms with Crippen LogP contribution in [0.5, 0.6) is 11.5 Å². The summed E-state index contributed by atoms with van der Waals surface area (Å²) in [6, 6.07) is 12.1. The van der Waals surface area contributed by atoms with Crippen LogP contribution >= 0.6 is 0 Å². The molecule has 2 heterocycles. The molecule has 0 spiro atoms. The van der Waals surface area contributed by atoms with Crippen molar-refractivity contribution >= 4 is 11.6 Å². The first-order valence-electron chi connectivity index (χ1n) is 8.75. The van der Waals surface area contributed by atoms with Crippen LogP contribution in [0.15, 0.2) is 59.4 Å². The maximum absolute atomic E-state index is 12.8. The lowest BCUT2D eigenvalue weighted by Crippen LogP contribution is -2.29. The summed E-state index contributed by atoms with van der Waals surface area (Å²) in [6.07, 6.45) is -4.53. The number of ether oxygens (including phenoxy) is 2. The van der Waals surface area contributed by atoms with Crippen LogP contribution in [0, 0.1) is 0 Å². The molecule has 1 amide bonds. The molecule has 0 aliphatic carbocycles. The number of benzene rings is 2. The Kier molecular flexibility index (Phi) is 4.90. The normalized spacial score (nSPS) is 12.6. The van der Waals surface area contributed by atoms with E-state index in [1.807, 2.05) is 0 Å². The first-order chi connectivity index (χ1) is 14.3. The molecular formula is C20H14F3N3O4. The molecule has 0 atom stereocenters. The lowest BCUT2D eigenvalue weighted by Gasteiger charge is -2.11. The summed E-state index contributed by atoms with van der Waals surface area (Å²) in [5.74, 6) is 0.439. The Labute approximate surface area is 167 Å². The SMILES string of the molecule is O=C(Cn1nc(-c2ccc3c(c2)OCO3)ccc1=O)Nc1cccc(C(F)(F)F)c1. The summed E-state index contributed by atoms with van der Waals surface area (Å²) in [5.41, 5.74) is -0.389. The number of amides is 1. The van der Waals surface area contributed by atoms with E-state index in [0.717, 1.165) is 16.8 Å². The molecule has 2 aromatic carbocycles. The quantitative estimate of drug-likeness (QED) is 0.705. The maximum atomic E-state index is 12.8. The van der Waals surface area contributed by atoms with E-state index in [2.05, 4.69) is 10.4 Å². The summed E-state index contributed by atoms with van der Waals surface area (Å²) in [6.45, 7) is -0.352. The van der Waals surface area contributed by atoms with Crippen molar-refractivity contribution in [3.05, 3.63) is 70.5 Å². The number of aromatic nitrogens is 2. The van der Waals surface area contributed by atoms with E-state index in [1.54, 1.807) is 18.2 Å². The third-order valence-corrected chi connectivity index (χ3v) is 4.30. The summed E-state index contributed by atoms with van der Waals surface area (Å²) < 4.78 is 49.9. The van der Waals surface area contributed by atoms with Gasteiger partial charge in [-0.3, -0.25) is 9.59 Å². The van der Waals surface area contributed by atoms with Crippen molar-refractivity contribution in [2.45, 2.75) is 12.7 Å². The second-order valence-corrected chi connectivity index (χ2v) is 6.41. The van der Waals surface area contributed by atoms with Crippen LogP contribution in [-0.2, 0) is 17.5 Å². The zero-order valence-corrected chi connectivity index (χ0v) is 15.3. The van der Waals surface area contributed by atoms with Gasteiger partial charge in [-0.05, 0) is 42.5 Å². The van der Waals surface area contributed by atoms with E-state index < -0.39 is 29.8 Å². The third-order valence-electron chi connectivity index (χ3n) is 4.30. The van der Waals surface area contributed by atoms with Gasteiger partial charge in [-0.1, -0.05) is 6.07 Å². The fraction of sp³-hybridized carbons (Fsp3) is 0.150. The van der Waals surface area contributed by atoms with E-state index in [-0.39, 0.29) is 12.5 Å². The highest BCUT2D eigenvalue weighted by Gasteiger charge is 2.30. The number of rotatable bonds is 4. The minimum atomic E-state index is -4.53. The van der Waals surface area contributed by atoms with Gasteiger partial charge in [0.15, 0.2) is 11.5 Å². The van der Waals surface area contributed by atoms with Crippen molar-refractivity contribution in [3.63, 3.8) is 0 Å². The molecule has 30 heavy (non-hydrogen) atoms. The molecule has 0 radical (unpaired) electrons. The molecule has 0 bridgehead atoms. The Morgan fingerprint density at radius 2 is 1.87 bits per heavy atom. The van der Waals surface area contributed by atoms with Gasteiger partial charge in [0.25, 0.3) is 5.56 Å². The van der Waals surface area contributed by atoms with Crippen LogP contribution in [0.4, 0.5) is 18.9 Å². The number of hydrogen-bond acceptors (Lipinski definition) is 5. The molecule has 1 aliphatic heterocycles. The molecule has 154 valence electrons. The van der Waals surface area contributed by atoms with E-state index in [0.29, 0.717) is 22.8 Å². The Morgan fingerprint density at radius 3 is 2.67 bits per heavy atom. The first kappa shape index (κ1) is 19.5. The van der Waals surface area contributed by atoms with Gasteiger partial charge in [0.2, 0.25) is 12.7 Å². The van der Waals surface area contributed by atoms with Crippen LogP contribution < -0.4 is 20.3 Å². The van der Waals surface area contributed by atoms with Crippen molar-refractivity contribution in [2.75, 3.05) is 12.1 Å². The summed E-state index contributed by atoms with van der Waals surface area (Å²) in [5, 5.41) is 6.52. The van der Waals surface area contributed by atoms with Gasteiger partial charge in [0, 0.05) is 17.3 Å². The van der Waals surface area contributed by atoms with Crippen molar-refractivity contribution in [3.8, 4) is 22.8 Å². The maximum Gasteiger partial charge on any atom is 0.416 e. The Balaban J connectivity index is 1.53. The second-order valence-electron chi connectivity index (χ2n) is 6.41.